The monoisotopic (exact) mass is 483 g/mol. The van der Waals surface area contributed by atoms with Gasteiger partial charge in [-0.15, -0.1) is 11.3 Å². The average Bonchev–Trinajstić information content (AvgIpc) is 3.17. The lowest BCUT2D eigenvalue weighted by Gasteiger charge is -2.13. The summed E-state index contributed by atoms with van der Waals surface area (Å²) in [5.74, 6) is -0.741. The molecule has 170 valence electrons. The lowest BCUT2D eigenvalue weighted by molar-refractivity contribution is -0.384. The minimum absolute atomic E-state index is 0.0402. The topological polar surface area (TPSA) is 101 Å². The first-order valence-corrected chi connectivity index (χ1v) is 11.9. The highest BCUT2D eigenvalue weighted by Gasteiger charge is 2.27. The van der Waals surface area contributed by atoms with Crippen LogP contribution in [0, 0.1) is 10.1 Å². The third kappa shape index (κ3) is 5.23. The summed E-state index contributed by atoms with van der Waals surface area (Å²) in [5.41, 5.74) is 2.38. The van der Waals surface area contributed by atoms with Crippen LogP contribution in [0.25, 0.3) is 0 Å². The number of halogens is 1. The van der Waals surface area contributed by atoms with Crippen LogP contribution in [0.15, 0.2) is 48.5 Å². The van der Waals surface area contributed by atoms with E-state index in [4.69, 9.17) is 11.6 Å². The zero-order valence-corrected chi connectivity index (χ0v) is 19.3. The van der Waals surface area contributed by atoms with Crippen LogP contribution in [0.1, 0.15) is 49.6 Å². The van der Waals surface area contributed by atoms with Gasteiger partial charge in [0, 0.05) is 23.1 Å². The smallest absolute Gasteiger partial charge is 0.288 e. The van der Waals surface area contributed by atoms with Crippen LogP contribution in [-0.4, -0.2) is 23.3 Å². The second-order valence-electron chi connectivity index (χ2n) is 7.78. The van der Waals surface area contributed by atoms with Crippen LogP contribution in [0.5, 0.6) is 0 Å². The summed E-state index contributed by atoms with van der Waals surface area (Å²) in [5, 5.41) is 17.4. The first-order chi connectivity index (χ1) is 15.9. The molecule has 1 aliphatic carbocycles. The Kier molecular flexibility index (Phi) is 7.05. The standard InChI is InChI=1S/C24H22ClN3O4S/c25-18-11-10-16(14-19(18)28(31)32)22(29)27-24-21(17-8-4-5-9-20(17)33-24)23(30)26-13-12-15-6-2-1-3-7-15/h1-3,6-7,10-11,14H,4-5,8-9,12-13H2,(H,26,30)(H,27,29). The molecular weight excluding hydrogens is 462 g/mol. The molecule has 0 fully saturated rings. The van der Waals surface area contributed by atoms with Crippen molar-refractivity contribution in [3.8, 4) is 0 Å². The van der Waals surface area contributed by atoms with Crippen LogP contribution >= 0.6 is 22.9 Å². The minimum Gasteiger partial charge on any atom is -0.352 e. The largest absolute Gasteiger partial charge is 0.352 e. The zero-order valence-electron chi connectivity index (χ0n) is 17.7. The second kappa shape index (κ2) is 10.1. The average molecular weight is 484 g/mol. The lowest BCUT2D eigenvalue weighted by Crippen LogP contribution is -2.27. The SMILES string of the molecule is O=C(Nc1sc2c(c1C(=O)NCCc1ccccc1)CCCC2)c1ccc(Cl)c([N+](=O)[O-])c1. The molecule has 0 bridgehead atoms. The van der Waals surface area contributed by atoms with E-state index in [0.717, 1.165) is 47.8 Å². The van der Waals surface area contributed by atoms with E-state index >= 15 is 0 Å². The maximum Gasteiger partial charge on any atom is 0.288 e. The number of nitrogens with one attached hydrogen (secondary N) is 2. The molecule has 1 heterocycles. The van der Waals surface area contributed by atoms with E-state index in [9.17, 15) is 19.7 Å². The van der Waals surface area contributed by atoms with Crippen molar-refractivity contribution in [3.05, 3.63) is 90.8 Å². The number of nitro benzene ring substituents is 1. The van der Waals surface area contributed by atoms with Crippen molar-refractivity contribution in [2.75, 3.05) is 11.9 Å². The summed E-state index contributed by atoms with van der Waals surface area (Å²) in [7, 11) is 0. The fourth-order valence-electron chi connectivity index (χ4n) is 3.92. The highest BCUT2D eigenvalue weighted by molar-refractivity contribution is 7.17. The molecule has 1 aliphatic rings. The van der Waals surface area contributed by atoms with Gasteiger partial charge in [0.2, 0.25) is 0 Å². The Morgan fingerprint density at radius 2 is 1.82 bits per heavy atom. The summed E-state index contributed by atoms with van der Waals surface area (Å²) in [6.45, 7) is 0.476. The fraction of sp³-hybridized carbons (Fsp3) is 0.250. The third-order valence-corrected chi connectivity index (χ3v) is 7.10. The summed E-state index contributed by atoms with van der Waals surface area (Å²) in [6, 6.07) is 13.8. The highest BCUT2D eigenvalue weighted by Crippen LogP contribution is 2.38. The maximum absolute atomic E-state index is 13.1. The van der Waals surface area contributed by atoms with E-state index in [0.29, 0.717) is 23.5 Å². The predicted molar refractivity (Wildman–Crippen MR) is 129 cm³/mol. The summed E-state index contributed by atoms with van der Waals surface area (Å²) < 4.78 is 0. The van der Waals surface area contributed by atoms with Gasteiger partial charge < -0.3 is 10.6 Å². The van der Waals surface area contributed by atoms with Gasteiger partial charge in [-0.1, -0.05) is 41.9 Å². The lowest BCUT2D eigenvalue weighted by atomic mass is 9.95. The van der Waals surface area contributed by atoms with E-state index in [1.165, 1.54) is 23.5 Å². The fourth-order valence-corrected chi connectivity index (χ4v) is 5.39. The van der Waals surface area contributed by atoms with Crippen LogP contribution in [0.3, 0.4) is 0 Å². The van der Waals surface area contributed by atoms with Crippen LogP contribution in [0.4, 0.5) is 10.7 Å². The molecule has 3 aromatic rings. The molecule has 2 amide bonds. The Morgan fingerprint density at radius 3 is 2.58 bits per heavy atom. The van der Waals surface area contributed by atoms with Gasteiger partial charge in [-0.2, -0.15) is 0 Å². The number of hydrogen-bond acceptors (Lipinski definition) is 5. The first-order valence-electron chi connectivity index (χ1n) is 10.7. The van der Waals surface area contributed by atoms with Gasteiger partial charge in [-0.05, 0) is 55.4 Å². The Bertz CT molecular complexity index is 1210. The summed E-state index contributed by atoms with van der Waals surface area (Å²) in [6.07, 6.45) is 4.39. The molecule has 0 spiro atoms. The van der Waals surface area contributed by atoms with Gasteiger partial charge in [-0.3, -0.25) is 19.7 Å². The van der Waals surface area contributed by atoms with Gasteiger partial charge in [-0.25, -0.2) is 0 Å². The van der Waals surface area contributed by atoms with Crippen molar-refractivity contribution in [1.29, 1.82) is 0 Å². The molecule has 1 aromatic heterocycles. The predicted octanol–water partition coefficient (Wildman–Crippen LogP) is 5.41. The van der Waals surface area contributed by atoms with Crippen molar-refractivity contribution in [3.63, 3.8) is 0 Å². The summed E-state index contributed by atoms with van der Waals surface area (Å²) in [4.78, 5) is 37.7. The van der Waals surface area contributed by atoms with E-state index in [1.54, 1.807) is 0 Å². The van der Waals surface area contributed by atoms with Crippen molar-refractivity contribution >= 4 is 45.4 Å². The number of anilines is 1. The molecule has 0 aliphatic heterocycles. The normalized spacial score (nSPS) is 12.6. The van der Waals surface area contributed by atoms with E-state index < -0.39 is 10.8 Å². The number of benzene rings is 2. The Balaban J connectivity index is 1.55. The number of nitro groups is 1. The number of rotatable bonds is 7. The van der Waals surface area contributed by atoms with Crippen LogP contribution < -0.4 is 10.6 Å². The van der Waals surface area contributed by atoms with Gasteiger partial charge in [0.25, 0.3) is 17.5 Å². The molecule has 2 N–H and O–H groups in total. The maximum atomic E-state index is 13.1. The van der Waals surface area contributed by atoms with Crippen molar-refractivity contribution < 1.29 is 14.5 Å². The Labute approximate surface area is 199 Å². The van der Waals surface area contributed by atoms with Gasteiger partial charge in [0.1, 0.15) is 10.0 Å². The van der Waals surface area contributed by atoms with Crippen LogP contribution in [0.2, 0.25) is 5.02 Å². The molecule has 0 saturated carbocycles. The van der Waals surface area contributed by atoms with E-state index in [-0.39, 0.29) is 22.2 Å². The molecule has 33 heavy (non-hydrogen) atoms. The van der Waals surface area contributed by atoms with E-state index in [2.05, 4.69) is 10.6 Å². The van der Waals surface area contributed by atoms with Gasteiger partial charge >= 0.3 is 0 Å². The Morgan fingerprint density at radius 1 is 1.06 bits per heavy atom. The van der Waals surface area contributed by atoms with Gasteiger partial charge in [0.15, 0.2) is 0 Å². The molecule has 4 rings (SSSR count). The van der Waals surface area contributed by atoms with Crippen molar-refractivity contribution in [1.82, 2.24) is 5.32 Å². The second-order valence-corrected chi connectivity index (χ2v) is 9.30. The molecule has 0 saturated heterocycles. The minimum atomic E-state index is -0.630. The number of carbonyl (C=O) groups excluding carboxylic acids is 2. The molecular formula is C24H22ClN3O4S. The number of aryl methyl sites for hydroxylation is 1. The highest BCUT2D eigenvalue weighted by atomic mass is 35.5. The molecule has 2 aromatic carbocycles. The molecule has 7 nitrogen and oxygen atoms in total. The Hall–Kier alpha value is -3.23. The molecule has 0 unspecified atom stereocenters. The molecule has 0 radical (unpaired) electrons. The van der Waals surface area contributed by atoms with Crippen molar-refractivity contribution in [2.24, 2.45) is 0 Å². The summed E-state index contributed by atoms with van der Waals surface area (Å²) >= 11 is 7.26. The molecule has 0 atom stereocenters. The number of thiophene rings is 1. The van der Waals surface area contributed by atoms with Gasteiger partial charge in [0.05, 0.1) is 10.5 Å². The number of hydrogen-bond donors (Lipinski definition) is 2. The quantitative estimate of drug-likeness (QED) is 0.346. The third-order valence-electron chi connectivity index (χ3n) is 5.57. The number of fused-ring (bicyclic) bond motifs is 1. The molecule has 9 heteroatoms. The van der Waals surface area contributed by atoms with Crippen LogP contribution in [-0.2, 0) is 19.3 Å². The van der Waals surface area contributed by atoms with Crippen molar-refractivity contribution in [2.45, 2.75) is 32.1 Å². The first kappa shape index (κ1) is 22.9. The van der Waals surface area contributed by atoms with E-state index in [1.807, 2.05) is 30.3 Å². The number of carbonyl (C=O) groups is 2. The number of amides is 2. The zero-order chi connectivity index (χ0) is 23.4. The number of nitrogens with zero attached hydrogens (tertiary/aromatic N) is 1.